The Balaban J connectivity index is 4.82. The summed E-state index contributed by atoms with van der Waals surface area (Å²) in [6.45, 7) is 0.953. The van der Waals surface area contributed by atoms with Crippen LogP contribution in [0.25, 0.3) is 0 Å². The number of rotatable bonds is 1. The van der Waals surface area contributed by atoms with Crippen LogP contribution in [0.4, 0.5) is 13.2 Å². The molecular weight excluding hydrogens is 175 g/mol. The van der Waals surface area contributed by atoms with Crippen LogP contribution < -0.4 is 5.73 Å². The molecular formula is C6H8F3NO2. The van der Waals surface area contributed by atoms with E-state index in [1.807, 2.05) is 0 Å². The van der Waals surface area contributed by atoms with Gasteiger partial charge in [0.1, 0.15) is 5.70 Å². The Bertz CT molecular complexity index is 219. The van der Waals surface area contributed by atoms with Crippen molar-refractivity contribution in [1.29, 1.82) is 0 Å². The van der Waals surface area contributed by atoms with Gasteiger partial charge in [0.15, 0.2) is 0 Å². The smallest absolute Gasteiger partial charge is 0.431 e. The summed E-state index contributed by atoms with van der Waals surface area (Å²) in [5.41, 5.74) is 2.57. The van der Waals surface area contributed by atoms with Gasteiger partial charge in [-0.05, 0) is 6.92 Å². The van der Waals surface area contributed by atoms with E-state index in [0.29, 0.717) is 0 Å². The van der Waals surface area contributed by atoms with Crippen molar-refractivity contribution in [1.82, 2.24) is 0 Å². The number of nitrogens with two attached hydrogens (primary N) is 1. The summed E-state index contributed by atoms with van der Waals surface area (Å²) in [6, 6.07) is 0. The number of carbonyl (C=O) groups excluding carboxylic acids is 1. The van der Waals surface area contributed by atoms with Gasteiger partial charge in [-0.3, -0.25) is 0 Å². The van der Waals surface area contributed by atoms with Gasteiger partial charge < -0.3 is 10.5 Å². The number of carbonyl (C=O) groups is 1. The zero-order valence-electron chi connectivity index (χ0n) is 6.53. The van der Waals surface area contributed by atoms with Gasteiger partial charge in [0.05, 0.1) is 12.7 Å². The first-order chi connectivity index (χ1) is 5.30. The van der Waals surface area contributed by atoms with Gasteiger partial charge in [-0.15, -0.1) is 0 Å². The summed E-state index contributed by atoms with van der Waals surface area (Å²) in [7, 11) is 0.982. The molecule has 0 rings (SSSR count). The van der Waals surface area contributed by atoms with Gasteiger partial charge in [-0.25, -0.2) is 4.79 Å². The van der Waals surface area contributed by atoms with Gasteiger partial charge in [-0.1, -0.05) is 0 Å². The van der Waals surface area contributed by atoms with Gasteiger partial charge in [-0.2, -0.15) is 13.2 Å². The second kappa shape index (κ2) is 3.46. The Morgan fingerprint density at radius 2 is 1.83 bits per heavy atom. The third kappa shape index (κ3) is 2.44. The van der Waals surface area contributed by atoms with Crippen molar-refractivity contribution in [3.63, 3.8) is 0 Å². The van der Waals surface area contributed by atoms with Crippen LogP contribution in [0.2, 0.25) is 0 Å². The number of ether oxygens (including phenoxy) is 1. The van der Waals surface area contributed by atoms with Crippen molar-refractivity contribution in [3.05, 3.63) is 11.3 Å². The summed E-state index contributed by atoms with van der Waals surface area (Å²) in [5, 5.41) is 0. The summed E-state index contributed by atoms with van der Waals surface area (Å²) in [5.74, 6) is -1.08. The fourth-order valence-electron chi connectivity index (χ4n) is 0.476. The Morgan fingerprint density at radius 3 is 2.08 bits per heavy atom. The molecule has 0 aliphatic carbocycles. The number of hydrogen-bond donors (Lipinski definition) is 1. The topological polar surface area (TPSA) is 52.3 Å². The number of esters is 1. The fourth-order valence-corrected chi connectivity index (χ4v) is 0.476. The van der Waals surface area contributed by atoms with Crippen LogP contribution in [0, 0.1) is 0 Å². The lowest BCUT2D eigenvalue weighted by atomic mass is 10.2. The number of halogens is 3. The van der Waals surface area contributed by atoms with Gasteiger partial charge >= 0.3 is 12.1 Å². The van der Waals surface area contributed by atoms with E-state index in [0.717, 1.165) is 14.0 Å². The average molecular weight is 183 g/mol. The minimum atomic E-state index is -4.68. The molecule has 2 N–H and O–H groups in total. The monoisotopic (exact) mass is 183 g/mol. The van der Waals surface area contributed by atoms with E-state index in [-0.39, 0.29) is 0 Å². The van der Waals surface area contributed by atoms with E-state index in [4.69, 9.17) is 0 Å². The fraction of sp³-hybridized carbons (Fsp3) is 0.500. The number of methoxy groups -OCH3 is 1. The normalized spacial score (nSPS) is 13.8. The van der Waals surface area contributed by atoms with Crippen LogP contribution in [0.1, 0.15) is 6.92 Å². The molecule has 0 spiro atoms. The minimum absolute atomic E-state index is 0.634. The van der Waals surface area contributed by atoms with Gasteiger partial charge in [0.2, 0.25) is 0 Å². The molecule has 0 radical (unpaired) electrons. The van der Waals surface area contributed by atoms with Crippen molar-refractivity contribution >= 4 is 5.97 Å². The first kappa shape index (κ1) is 10.8. The van der Waals surface area contributed by atoms with E-state index < -0.39 is 23.4 Å². The standard InChI is InChI=1S/C6H8F3NO2/c1-3(5(11)12-2)4(10)6(7,8)9/h10H2,1-2H3. The maximum atomic E-state index is 11.8. The predicted molar refractivity (Wildman–Crippen MR) is 35.0 cm³/mol. The molecule has 0 unspecified atom stereocenters. The number of hydrogen-bond acceptors (Lipinski definition) is 3. The van der Waals surface area contributed by atoms with Crippen LogP contribution in [0.15, 0.2) is 11.3 Å². The highest BCUT2D eigenvalue weighted by Gasteiger charge is 2.34. The van der Waals surface area contributed by atoms with E-state index in [2.05, 4.69) is 10.5 Å². The van der Waals surface area contributed by atoms with Crippen LogP contribution in [0.3, 0.4) is 0 Å². The summed E-state index contributed by atoms with van der Waals surface area (Å²) < 4.78 is 39.5. The molecule has 0 bridgehead atoms. The summed E-state index contributed by atoms with van der Waals surface area (Å²) in [6.07, 6.45) is -4.68. The molecule has 0 saturated heterocycles. The first-order valence-corrected chi connectivity index (χ1v) is 2.92. The Labute approximate surface area is 67.0 Å². The molecule has 0 heterocycles. The summed E-state index contributed by atoms with van der Waals surface area (Å²) >= 11 is 0. The maximum absolute atomic E-state index is 11.8. The van der Waals surface area contributed by atoms with Crippen LogP contribution >= 0.6 is 0 Å². The minimum Gasteiger partial charge on any atom is -0.466 e. The highest BCUT2D eigenvalue weighted by molar-refractivity contribution is 5.88. The van der Waals surface area contributed by atoms with E-state index >= 15 is 0 Å². The molecule has 0 saturated carbocycles. The lowest BCUT2D eigenvalue weighted by molar-refractivity contribution is -0.137. The van der Waals surface area contributed by atoms with Gasteiger partial charge in [0, 0.05) is 0 Å². The lowest BCUT2D eigenvalue weighted by Crippen LogP contribution is -2.24. The van der Waals surface area contributed by atoms with Crippen molar-refractivity contribution in [3.8, 4) is 0 Å². The van der Waals surface area contributed by atoms with Crippen LogP contribution in [0.5, 0.6) is 0 Å². The Morgan fingerprint density at radius 1 is 1.42 bits per heavy atom. The SMILES string of the molecule is COC(=O)C(C)=C(N)C(F)(F)F. The lowest BCUT2D eigenvalue weighted by Gasteiger charge is -2.08. The molecule has 12 heavy (non-hydrogen) atoms. The zero-order chi connectivity index (χ0) is 9.94. The number of alkyl halides is 3. The number of allylic oxidation sites excluding steroid dienone is 1. The Hall–Kier alpha value is -1.20. The third-order valence-electron chi connectivity index (χ3n) is 1.20. The molecule has 6 heteroatoms. The molecule has 0 aromatic heterocycles. The second-order valence-corrected chi connectivity index (χ2v) is 2.03. The molecule has 0 aromatic carbocycles. The van der Waals surface area contributed by atoms with Crippen LogP contribution in [-0.2, 0) is 9.53 Å². The molecule has 3 nitrogen and oxygen atoms in total. The molecule has 0 aliphatic heterocycles. The Kier molecular flexibility index (Phi) is 3.12. The van der Waals surface area contributed by atoms with Crippen molar-refractivity contribution in [2.24, 2.45) is 5.73 Å². The van der Waals surface area contributed by atoms with E-state index in [9.17, 15) is 18.0 Å². The average Bonchev–Trinajstić information content (AvgIpc) is 1.98. The van der Waals surface area contributed by atoms with Crippen LogP contribution in [-0.4, -0.2) is 19.3 Å². The van der Waals surface area contributed by atoms with E-state index in [1.165, 1.54) is 0 Å². The zero-order valence-corrected chi connectivity index (χ0v) is 6.53. The van der Waals surface area contributed by atoms with Crippen molar-refractivity contribution < 1.29 is 22.7 Å². The second-order valence-electron chi connectivity index (χ2n) is 2.03. The third-order valence-corrected chi connectivity index (χ3v) is 1.20. The molecule has 70 valence electrons. The summed E-state index contributed by atoms with van der Waals surface area (Å²) in [4.78, 5) is 10.5. The molecule has 0 amide bonds. The first-order valence-electron chi connectivity index (χ1n) is 2.92. The molecule has 0 aliphatic rings. The largest absolute Gasteiger partial charge is 0.466 e. The maximum Gasteiger partial charge on any atom is 0.431 e. The highest BCUT2D eigenvalue weighted by atomic mass is 19.4. The van der Waals surface area contributed by atoms with Crippen molar-refractivity contribution in [2.45, 2.75) is 13.1 Å². The highest BCUT2D eigenvalue weighted by Crippen LogP contribution is 2.24. The molecule has 0 atom stereocenters. The quantitative estimate of drug-likeness (QED) is 0.486. The predicted octanol–water partition coefficient (Wildman–Crippen LogP) is 0.954. The molecule has 0 aromatic rings. The van der Waals surface area contributed by atoms with Gasteiger partial charge in [0.25, 0.3) is 0 Å². The molecule has 0 fully saturated rings. The van der Waals surface area contributed by atoms with E-state index in [1.54, 1.807) is 0 Å². The van der Waals surface area contributed by atoms with Crippen molar-refractivity contribution in [2.75, 3.05) is 7.11 Å².